The number of amides is 1. The quantitative estimate of drug-likeness (QED) is 0.524. The van der Waals surface area contributed by atoms with Crippen molar-refractivity contribution < 1.29 is 19.2 Å². The van der Waals surface area contributed by atoms with Crippen LogP contribution in [0.5, 0.6) is 0 Å². The van der Waals surface area contributed by atoms with E-state index < -0.39 is 16.8 Å². The lowest BCUT2D eigenvalue weighted by Gasteiger charge is -2.33. The smallest absolute Gasteiger partial charge is 0.279 e. The molecule has 0 saturated carbocycles. The molecule has 2 atom stereocenters. The number of carbonyl (C=O) groups excluding carboxylic acids is 1. The van der Waals surface area contributed by atoms with Crippen molar-refractivity contribution in [2.24, 2.45) is 5.92 Å². The molecule has 2 rings (SSSR count). The van der Waals surface area contributed by atoms with Gasteiger partial charge < -0.3 is 10.0 Å². The highest BCUT2D eigenvalue weighted by molar-refractivity contribution is 5.92. The fourth-order valence-electron chi connectivity index (χ4n) is 2.69. The van der Waals surface area contributed by atoms with Crippen LogP contribution in [0.4, 0.5) is 10.1 Å². The topological polar surface area (TPSA) is 83.7 Å². The van der Waals surface area contributed by atoms with E-state index in [1.165, 1.54) is 18.2 Å². The summed E-state index contributed by atoms with van der Waals surface area (Å²) in [5, 5.41) is 20.6. The number of rotatable bonds is 4. The van der Waals surface area contributed by atoms with Crippen molar-refractivity contribution in [3.05, 3.63) is 45.8 Å². The Kier molecular flexibility index (Phi) is 5.44. The highest BCUT2D eigenvalue weighted by Crippen LogP contribution is 2.22. The number of nitro groups is 1. The van der Waals surface area contributed by atoms with Crippen LogP contribution >= 0.6 is 0 Å². The fraction of sp³-hybridized carbons (Fsp3) is 0.438. The minimum absolute atomic E-state index is 0.0428. The summed E-state index contributed by atoms with van der Waals surface area (Å²) < 4.78 is 13.1. The number of aliphatic hydroxyl groups excluding tert-OH is 1. The number of nitro benzene ring substituents is 1. The first kappa shape index (κ1) is 17.1. The van der Waals surface area contributed by atoms with Gasteiger partial charge in [0.1, 0.15) is 5.82 Å². The molecule has 1 N–H and O–H groups in total. The standard InChI is InChI=1S/C16H19FN2O4/c1-11(20)13-3-2-8-18(10-13)16(21)7-5-12-4-6-14(17)9-15(12)19(22)23/h4-7,9,11,13,20H,2-3,8,10H2,1H3/b7-5+. The summed E-state index contributed by atoms with van der Waals surface area (Å²) in [6, 6.07) is 3.21. The zero-order chi connectivity index (χ0) is 17.0. The molecule has 1 aliphatic heterocycles. The predicted octanol–water partition coefficient (Wildman–Crippen LogP) is 2.37. The van der Waals surface area contributed by atoms with Gasteiger partial charge in [0.25, 0.3) is 5.69 Å². The Bertz CT molecular complexity index is 631. The van der Waals surface area contributed by atoms with Gasteiger partial charge in [-0.1, -0.05) is 0 Å². The molecule has 1 heterocycles. The molecule has 6 nitrogen and oxygen atoms in total. The van der Waals surface area contributed by atoms with E-state index in [9.17, 15) is 24.4 Å². The number of piperidine rings is 1. The van der Waals surface area contributed by atoms with Crippen molar-refractivity contribution >= 4 is 17.7 Å². The third-order valence-electron chi connectivity index (χ3n) is 4.05. The van der Waals surface area contributed by atoms with Crippen LogP contribution in [-0.4, -0.2) is 40.0 Å². The maximum absolute atomic E-state index is 13.1. The lowest BCUT2D eigenvalue weighted by atomic mass is 9.93. The molecular weight excluding hydrogens is 303 g/mol. The largest absolute Gasteiger partial charge is 0.393 e. The van der Waals surface area contributed by atoms with Gasteiger partial charge >= 0.3 is 0 Å². The number of benzene rings is 1. The van der Waals surface area contributed by atoms with E-state index in [4.69, 9.17) is 0 Å². The number of likely N-dealkylation sites (tertiary alicyclic amines) is 1. The monoisotopic (exact) mass is 322 g/mol. The SMILES string of the molecule is CC(O)C1CCCN(C(=O)/C=C/c2ccc(F)cc2[N+](=O)[O-])C1. The van der Waals surface area contributed by atoms with E-state index in [0.29, 0.717) is 13.1 Å². The van der Waals surface area contributed by atoms with Gasteiger partial charge in [0.05, 0.1) is 22.7 Å². The normalized spacial score (nSPS) is 19.8. The minimum Gasteiger partial charge on any atom is -0.393 e. The van der Waals surface area contributed by atoms with E-state index >= 15 is 0 Å². The van der Waals surface area contributed by atoms with E-state index in [0.717, 1.165) is 25.0 Å². The first-order valence-electron chi connectivity index (χ1n) is 7.47. The summed E-state index contributed by atoms with van der Waals surface area (Å²) in [6.07, 6.45) is 3.78. The highest BCUT2D eigenvalue weighted by Gasteiger charge is 2.25. The molecule has 0 spiro atoms. The van der Waals surface area contributed by atoms with Gasteiger partial charge in [0.15, 0.2) is 0 Å². The van der Waals surface area contributed by atoms with Gasteiger partial charge in [0.2, 0.25) is 5.91 Å². The minimum atomic E-state index is -0.698. The Morgan fingerprint density at radius 1 is 1.57 bits per heavy atom. The first-order chi connectivity index (χ1) is 10.9. The Hall–Kier alpha value is -2.28. The average Bonchev–Trinajstić information content (AvgIpc) is 2.53. The van der Waals surface area contributed by atoms with Crippen LogP contribution < -0.4 is 0 Å². The van der Waals surface area contributed by atoms with Crippen molar-refractivity contribution in [1.29, 1.82) is 0 Å². The molecular formula is C16H19FN2O4. The molecule has 2 unspecified atom stereocenters. The molecule has 0 radical (unpaired) electrons. The first-order valence-corrected chi connectivity index (χ1v) is 7.47. The highest BCUT2D eigenvalue weighted by atomic mass is 19.1. The number of hydrogen-bond acceptors (Lipinski definition) is 4. The van der Waals surface area contributed by atoms with Crippen molar-refractivity contribution in [3.8, 4) is 0 Å². The van der Waals surface area contributed by atoms with E-state index in [2.05, 4.69) is 0 Å². The van der Waals surface area contributed by atoms with Crippen molar-refractivity contribution in [1.82, 2.24) is 4.90 Å². The summed E-state index contributed by atoms with van der Waals surface area (Å²) in [4.78, 5) is 24.1. The van der Waals surface area contributed by atoms with E-state index in [-0.39, 0.29) is 23.1 Å². The Labute approximate surface area is 133 Å². The molecule has 7 heteroatoms. The fourth-order valence-corrected chi connectivity index (χ4v) is 2.69. The molecule has 1 aliphatic rings. The second-order valence-corrected chi connectivity index (χ2v) is 5.72. The van der Waals surface area contributed by atoms with Gasteiger partial charge in [-0.05, 0) is 38.0 Å². The number of aliphatic hydroxyl groups is 1. The molecule has 1 aromatic rings. The number of nitrogens with zero attached hydrogens (tertiary/aromatic N) is 2. The predicted molar refractivity (Wildman–Crippen MR) is 83.1 cm³/mol. The molecule has 0 aromatic heterocycles. The summed E-state index contributed by atoms with van der Waals surface area (Å²) >= 11 is 0. The summed E-state index contributed by atoms with van der Waals surface area (Å²) in [6.45, 7) is 2.76. The zero-order valence-electron chi connectivity index (χ0n) is 12.8. The van der Waals surface area contributed by atoms with Gasteiger partial charge in [-0.25, -0.2) is 4.39 Å². The van der Waals surface area contributed by atoms with Gasteiger partial charge in [-0.2, -0.15) is 0 Å². The molecule has 1 fully saturated rings. The van der Waals surface area contributed by atoms with Crippen LogP contribution in [0, 0.1) is 21.8 Å². The Morgan fingerprint density at radius 2 is 2.30 bits per heavy atom. The Balaban J connectivity index is 2.11. The van der Waals surface area contributed by atoms with Crippen molar-refractivity contribution in [2.75, 3.05) is 13.1 Å². The molecule has 0 aliphatic carbocycles. The molecule has 1 aromatic carbocycles. The summed E-state index contributed by atoms with van der Waals surface area (Å²) in [5.74, 6) is -0.925. The number of carbonyl (C=O) groups is 1. The summed E-state index contributed by atoms with van der Waals surface area (Å²) in [7, 11) is 0. The third kappa shape index (κ3) is 4.35. The summed E-state index contributed by atoms with van der Waals surface area (Å²) in [5.41, 5.74) is -0.205. The van der Waals surface area contributed by atoms with Crippen molar-refractivity contribution in [2.45, 2.75) is 25.9 Å². The average molecular weight is 322 g/mol. The maximum Gasteiger partial charge on any atom is 0.279 e. The second kappa shape index (κ2) is 7.32. The van der Waals surface area contributed by atoms with Crippen LogP contribution in [0.15, 0.2) is 24.3 Å². The van der Waals surface area contributed by atoms with Gasteiger partial charge in [-0.3, -0.25) is 14.9 Å². The molecule has 1 amide bonds. The van der Waals surface area contributed by atoms with E-state index in [1.807, 2.05) is 0 Å². The van der Waals surface area contributed by atoms with Crippen LogP contribution in [-0.2, 0) is 4.79 Å². The molecule has 124 valence electrons. The second-order valence-electron chi connectivity index (χ2n) is 5.72. The lowest BCUT2D eigenvalue weighted by Crippen LogP contribution is -2.42. The van der Waals surface area contributed by atoms with Gasteiger partial charge in [0, 0.05) is 25.1 Å². The van der Waals surface area contributed by atoms with Crippen LogP contribution in [0.1, 0.15) is 25.3 Å². The van der Waals surface area contributed by atoms with Gasteiger partial charge in [-0.15, -0.1) is 0 Å². The maximum atomic E-state index is 13.1. The third-order valence-corrected chi connectivity index (χ3v) is 4.05. The molecule has 0 bridgehead atoms. The zero-order valence-corrected chi connectivity index (χ0v) is 12.8. The van der Waals surface area contributed by atoms with E-state index in [1.54, 1.807) is 11.8 Å². The molecule has 23 heavy (non-hydrogen) atoms. The number of halogens is 1. The van der Waals surface area contributed by atoms with Crippen molar-refractivity contribution in [3.63, 3.8) is 0 Å². The van der Waals surface area contributed by atoms with Crippen LogP contribution in [0.2, 0.25) is 0 Å². The molecule has 1 saturated heterocycles. The lowest BCUT2D eigenvalue weighted by molar-refractivity contribution is -0.385. The van der Waals surface area contributed by atoms with Crippen LogP contribution in [0.25, 0.3) is 6.08 Å². The number of hydrogen-bond donors (Lipinski definition) is 1. The Morgan fingerprint density at radius 3 is 2.96 bits per heavy atom. The van der Waals surface area contributed by atoms with Crippen LogP contribution in [0.3, 0.4) is 0 Å².